The van der Waals surface area contributed by atoms with Gasteiger partial charge in [0.15, 0.2) is 0 Å². The van der Waals surface area contributed by atoms with E-state index < -0.39 is 61.2 Å². The second-order valence-electron chi connectivity index (χ2n) is 5.51. The zero-order chi connectivity index (χ0) is 20.4. The first-order chi connectivity index (χ1) is 12.7. The number of aliphatic carboxylic acids is 1. The molecule has 0 radical (unpaired) electrons. The molecule has 2 atom stereocenters. The molecule has 4 amide bonds. The lowest BCUT2D eigenvalue weighted by molar-refractivity contribution is -0.138. The highest BCUT2D eigenvalue weighted by atomic mass is 16.4. The minimum atomic E-state index is -1.34. The lowest BCUT2D eigenvalue weighted by atomic mass is 10.1. The number of amides is 4. The van der Waals surface area contributed by atoms with Crippen LogP contribution in [0.5, 0.6) is 0 Å². The number of hydrogen-bond acceptors (Lipinski definition) is 7. The molecule has 0 spiro atoms. The van der Waals surface area contributed by atoms with Crippen LogP contribution >= 0.6 is 0 Å². The largest absolute Gasteiger partial charge is 0.480 e. The molecule has 2 unspecified atom stereocenters. The number of carbonyl (C=O) groups excluding carboxylic acids is 4. The van der Waals surface area contributed by atoms with Crippen LogP contribution in [0.1, 0.15) is 12.1 Å². The number of primary amides is 1. The lowest BCUT2D eigenvalue weighted by Crippen LogP contribution is -2.54. The minimum absolute atomic E-state index is 0.119. The Morgan fingerprint density at radius 3 is 2.41 bits per heavy atom. The summed E-state index contributed by atoms with van der Waals surface area (Å²) in [6.45, 7) is -1.16. The van der Waals surface area contributed by atoms with E-state index in [4.69, 9.17) is 16.6 Å². The van der Waals surface area contributed by atoms with Crippen molar-refractivity contribution in [3.63, 3.8) is 0 Å². The number of carboxylic acid groups (broad SMARTS) is 1. The Balaban J connectivity index is 2.58. The average Bonchev–Trinajstić information content (AvgIpc) is 3.09. The van der Waals surface area contributed by atoms with Crippen LogP contribution in [0.25, 0.3) is 0 Å². The van der Waals surface area contributed by atoms with Crippen LogP contribution in [-0.2, 0) is 30.4 Å². The number of carbonyl (C=O) groups is 5. The van der Waals surface area contributed by atoms with Gasteiger partial charge in [-0.15, -0.1) is 0 Å². The summed E-state index contributed by atoms with van der Waals surface area (Å²) in [5.41, 5.74) is 11.4. The summed E-state index contributed by atoms with van der Waals surface area (Å²) >= 11 is 0. The molecule has 0 saturated carbocycles. The third-order valence-corrected chi connectivity index (χ3v) is 3.23. The number of imidazole rings is 1. The van der Waals surface area contributed by atoms with Gasteiger partial charge in [-0.3, -0.25) is 24.0 Å². The number of H-pyrrole nitrogens is 1. The molecule has 0 aliphatic heterocycles. The third-order valence-electron chi connectivity index (χ3n) is 3.23. The summed E-state index contributed by atoms with van der Waals surface area (Å²) in [7, 11) is 0. The van der Waals surface area contributed by atoms with E-state index >= 15 is 0 Å². The SMILES string of the molecule is NC(=O)CC(NC(=O)C(N)Cc1cnc[nH]1)C(=O)NCC(=O)NCC(=O)O. The van der Waals surface area contributed by atoms with E-state index in [1.165, 1.54) is 12.5 Å². The standard InChI is InChI=1S/C14H21N7O6/c15-8(1-7-3-17-6-20-7)13(26)21-9(2-10(16)22)14(27)19-4-11(23)18-5-12(24)25/h3,6,8-9H,1-2,4-5,15H2,(H2,16,22)(H,17,20)(H,18,23)(H,19,27)(H,21,26)(H,24,25). The van der Waals surface area contributed by atoms with Gasteiger partial charge in [0.1, 0.15) is 12.6 Å². The second-order valence-corrected chi connectivity index (χ2v) is 5.51. The number of nitrogens with one attached hydrogen (secondary N) is 4. The number of nitrogens with two attached hydrogens (primary N) is 2. The quantitative estimate of drug-likeness (QED) is 0.199. The van der Waals surface area contributed by atoms with Gasteiger partial charge in [-0.05, 0) is 0 Å². The van der Waals surface area contributed by atoms with E-state index in [9.17, 15) is 24.0 Å². The molecular weight excluding hydrogens is 362 g/mol. The highest BCUT2D eigenvalue weighted by molar-refractivity contribution is 5.94. The first-order valence-corrected chi connectivity index (χ1v) is 7.76. The monoisotopic (exact) mass is 383 g/mol. The number of aromatic amines is 1. The van der Waals surface area contributed by atoms with Crippen LogP contribution < -0.4 is 27.4 Å². The summed E-state index contributed by atoms with van der Waals surface area (Å²) < 4.78 is 0. The van der Waals surface area contributed by atoms with E-state index in [1.54, 1.807) is 0 Å². The number of rotatable bonds is 11. The van der Waals surface area contributed by atoms with E-state index in [1.807, 2.05) is 5.32 Å². The molecule has 0 aromatic carbocycles. The molecule has 27 heavy (non-hydrogen) atoms. The summed E-state index contributed by atoms with van der Waals surface area (Å²) in [4.78, 5) is 63.7. The van der Waals surface area contributed by atoms with Crippen molar-refractivity contribution in [1.29, 1.82) is 0 Å². The molecule has 0 saturated heterocycles. The maximum absolute atomic E-state index is 12.1. The molecule has 1 rings (SSSR count). The Kier molecular flexibility index (Phi) is 8.38. The van der Waals surface area contributed by atoms with Crippen molar-refractivity contribution in [3.05, 3.63) is 18.2 Å². The van der Waals surface area contributed by atoms with Crippen molar-refractivity contribution >= 4 is 29.6 Å². The van der Waals surface area contributed by atoms with Crippen molar-refractivity contribution in [2.24, 2.45) is 11.5 Å². The Labute approximate surface area is 153 Å². The molecule has 0 bridgehead atoms. The molecule has 13 heteroatoms. The van der Waals surface area contributed by atoms with Gasteiger partial charge in [0.2, 0.25) is 23.6 Å². The summed E-state index contributed by atoms with van der Waals surface area (Å²) in [5, 5.41) is 15.0. The molecular formula is C14H21N7O6. The summed E-state index contributed by atoms with van der Waals surface area (Å²) in [6.07, 6.45) is 2.51. The summed E-state index contributed by atoms with van der Waals surface area (Å²) in [6, 6.07) is -2.36. The van der Waals surface area contributed by atoms with Gasteiger partial charge < -0.3 is 37.5 Å². The average molecular weight is 383 g/mol. The topological polar surface area (TPSA) is 222 Å². The first kappa shape index (κ1) is 21.6. The molecule has 1 aromatic rings. The predicted molar refractivity (Wildman–Crippen MR) is 89.7 cm³/mol. The second kappa shape index (κ2) is 10.5. The number of hydrogen-bond donors (Lipinski definition) is 7. The number of nitrogens with zero attached hydrogens (tertiary/aromatic N) is 1. The molecule has 0 fully saturated rings. The Morgan fingerprint density at radius 2 is 1.85 bits per heavy atom. The first-order valence-electron chi connectivity index (χ1n) is 7.76. The van der Waals surface area contributed by atoms with Crippen molar-refractivity contribution in [3.8, 4) is 0 Å². The minimum Gasteiger partial charge on any atom is -0.480 e. The predicted octanol–water partition coefficient (Wildman–Crippen LogP) is -4.04. The fraction of sp³-hybridized carbons (Fsp3) is 0.429. The van der Waals surface area contributed by atoms with Crippen molar-refractivity contribution in [1.82, 2.24) is 25.9 Å². The van der Waals surface area contributed by atoms with Crippen LogP contribution in [0.2, 0.25) is 0 Å². The normalized spacial score (nSPS) is 12.5. The highest BCUT2D eigenvalue weighted by Crippen LogP contribution is 1.99. The number of aromatic nitrogens is 2. The van der Waals surface area contributed by atoms with Crippen LogP contribution in [0, 0.1) is 0 Å². The van der Waals surface area contributed by atoms with Crippen molar-refractivity contribution in [2.75, 3.05) is 13.1 Å². The van der Waals surface area contributed by atoms with Crippen LogP contribution in [0.3, 0.4) is 0 Å². The van der Waals surface area contributed by atoms with Gasteiger partial charge in [0.25, 0.3) is 0 Å². The Morgan fingerprint density at radius 1 is 1.15 bits per heavy atom. The fourth-order valence-corrected chi connectivity index (χ4v) is 1.94. The summed E-state index contributed by atoms with van der Waals surface area (Å²) in [5.74, 6) is -4.42. The molecule has 9 N–H and O–H groups in total. The van der Waals surface area contributed by atoms with Gasteiger partial charge >= 0.3 is 5.97 Å². The van der Waals surface area contributed by atoms with Crippen LogP contribution in [0.4, 0.5) is 0 Å². The molecule has 0 aliphatic rings. The van der Waals surface area contributed by atoms with E-state index in [0.29, 0.717) is 5.69 Å². The third kappa shape index (κ3) is 8.44. The van der Waals surface area contributed by atoms with Gasteiger partial charge in [-0.2, -0.15) is 0 Å². The maximum Gasteiger partial charge on any atom is 0.322 e. The fourth-order valence-electron chi connectivity index (χ4n) is 1.94. The van der Waals surface area contributed by atoms with E-state index in [0.717, 1.165) is 0 Å². The molecule has 13 nitrogen and oxygen atoms in total. The Bertz CT molecular complexity index is 690. The molecule has 1 heterocycles. The highest BCUT2D eigenvalue weighted by Gasteiger charge is 2.26. The zero-order valence-electron chi connectivity index (χ0n) is 14.2. The smallest absolute Gasteiger partial charge is 0.322 e. The molecule has 1 aromatic heterocycles. The van der Waals surface area contributed by atoms with Crippen molar-refractivity contribution in [2.45, 2.75) is 24.9 Å². The molecule has 0 aliphatic carbocycles. The maximum atomic E-state index is 12.1. The van der Waals surface area contributed by atoms with E-state index in [-0.39, 0.29) is 6.42 Å². The van der Waals surface area contributed by atoms with Gasteiger partial charge in [0.05, 0.1) is 25.3 Å². The zero-order valence-corrected chi connectivity index (χ0v) is 14.2. The van der Waals surface area contributed by atoms with Crippen molar-refractivity contribution < 1.29 is 29.1 Å². The van der Waals surface area contributed by atoms with Gasteiger partial charge in [-0.1, -0.05) is 0 Å². The van der Waals surface area contributed by atoms with Crippen LogP contribution in [-0.4, -0.2) is 69.8 Å². The molecule has 148 valence electrons. The number of carboxylic acids is 1. The van der Waals surface area contributed by atoms with Crippen LogP contribution in [0.15, 0.2) is 12.5 Å². The van der Waals surface area contributed by atoms with E-state index in [2.05, 4.69) is 20.6 Å². The Hall–Kier alpha value is -3.48. The lowest BCUT2D eigenvalue weighted by Gasteiger charge is -2.19. The van der Waals surface area contributed by atoms with Gasteiger partial charge in [-0.25, -0.2) is 4.98 Å². The van der Waals surface area contributed by atoms with Gasteiger partial charge in [0, 0.05) is 18.3 Å².